The van der Waals surface area contributed by atoms with Gasteiger partial charge in [-0.25, -0.2) is 0 Å². The van der Waals surface area contributed by atoms with Gasteiger partial charge >= 0.3 is 0 Å². The maximum absolute atomic E-state index is 12.6. The number of ether oxygens (including phenoxy) is 1. The van der Waals surface area contributed by atoms with Gasteiger partial charge in [0.2, 0.25) is 0 Å². The Labute approximate surface area is 111 Å². The van der Waals surface area contributed by atoms with E-state index in [9.17, 15) is 4.79 Å². The molecule has 19 heavy (non-hydrogen) atoms. The fourth-order valence-corrected chi connectivity index (χ4v) is 2.50. The van der Waals surface area contributed by atoms with Crippen LogP contribution in [0, 0.1) is 0 Å². The molecule has 0 bridgehead atoms. The number of hydrogen-bond donors (Lipinski definition) is 2. The van der Waals surface area contributed by atoms with Crippen molar-refractivity contribution in [3.8, 4) is 0 Å². The number of nitrogens with zero attached hydrogens (tertiary/aromatic N) is 1. The van der Waals surface area contributed by atoms with Crippen molar-refractivity contribution >= 4 is 22.5 Å². The highest BCUT2D eigenvalue weighted by Crippen LogP contribution is 2.23. The normalized spacial score (nSPS) is 19.8. The first-order valence-electron chi connectivity index (χ1n) is 6.42. The number of nitrogen functional groups attached to an aromatic ring is 1. The minimum Gasteiger partial charge on any atom is -0.399 e. The maximum atomic E-state index is 12.6. The summed E-state index contributed by atoms with van der Waals surface area (Å²) in [5.41, 5.74) is 8.07. The van der Waals surface area contributed by atoms with Gasteiger partial charge in [0.25, 0.3) is 5.91 Å². The predicted octanol–water partition coefficient (Wildman–Crippen LogP) is 1.61. The lowest BCUT2D eigenvalue weighted by atomic mass is 10.1. The van der Waals surface area contributed by atoms with Gasteiger partial charge in [-0.15, -0.1) is 0 Å². The van der Waals surface area contributed by atoms with Gasteiger partial charge in [0, 0.05) is 29.3 Å². The number of hydrogen-bond acceptors (Lipinski definition) is 3. The topological polar surface area (TPSA) is 71.3 Å². The quantitative estimate of drug-likeness (QED) is 0.764. The maximum Gasteiger partial charge on any atom is 0.256 e. The molecular formula is C14H17N3O2. The number of nitrogens with one attached hydrogen (secondary N) is 1. The molecule has 3 N–H and O–H groups in total. The predicted molar refractivity (Wildman–Crippen MR) is 74.0 cm³/mol. The Morgan fingerprint density at radius 2 is 2.37 bits per heavy atom. The molecule has 1 aliphatic rings. The number of amides is 1. The summed E-state index contributed by atoms with van der Waals surface area (Å²) >= 11 is 0. The molecule has 5 heteroatoms. The third-order valence-electron chi connectivity index (χ3n) is 3.56. The zero-order valence-electron chi connectivity index (χ0n) is 10.8. The van der Waals surface area contributed by atoms with Crippen molar-refractivity contribution in [2.45, 2.75) is 13.0 Å². The molecule has 5 nitrogen and oxygen atoms in total. The van der Waals surface area contributed by atoms with E-state index in [0.717, 1.165) is 10.9 Å². The molecule has 1 aliphatic heterocycles. The zero-order chi connectivity index (χ0) is 13.4. The molecule has 0 unspecified atom stereocenters. The average Bonchev–Trinajstić information content (AvgIpc) is 2.81. The van der Waals surface area contributed by atoms with Crippen LogP contribution in [0.4, 0.5) is 5.69 Å². The van der Waals surface area contributed by atoms with E-state index < -0.39 is 0 Å². The first-order chi connectivity index (χ1) is 9.16. The van der Waals surface area contributed by atoms with Crippen molar-refractivity contribution in [1.29, 1.82) is 0 Å². The van der Waals surface area contributed by atoms with Crippen LogP contribution < -0.4 is 5.73 Å². The van der Waals surface area contributed by atoms with E-state index in [-0.39, 0.29) is 11.9 Å². The van der Waals surface area contributed by atoms with Crippen molar-refractivity contribution < 1.29 is 9.53 Å². The van der Waals surface area contributed by atoms with Crippen LogP contribution in [-0.2, 0) is 4.74 Å². The Balaban J connectivity index is 1.99. The number of H-pyrrole nitrogens is 1. The van der Waals surface area contributed by atoms with Crippen LogP contribution >= 0.6 is 0 Å². The second-order valence-electron chi connectivity index (χ2n) is 4.93. The number of fused-ring (bicyclic) bond motifs is 1. The monoisotopic (exact) mass is 259 g/mol. The highest BCUT2D eigenvalue weighted by atomic mass is 16.5. The molecule has 0 saturated carbocycles. The van der Waals surface area contributed by atoms with Gasteiger partial charge in [-0.1, -0.05) is 0 Å². The largest absolute Gasteiger partial charge is 0.399 e. The molecule has 1 atom stereocenters. The lowest BCUT2D eigenvalue weighted by molar-refractivity contribution is 0.00371. The lowest BCUT2D eigenvalue weighted by Gasteiger charge is -2.33. The Morgan fingerprint density at radius 1 is 1.53 bits per heavy atom. The van der Waals surface area contributed by atoms with Crippen LogP contribution in [0.25, 0.3) is 10.9 Å². The van der Waals surface area contributed by atoms with Gasteiger partial charge in [-0.05, 0) is 25.1 Å². The number of aromatic amines is 1. The van der Waals surface area contributed by atoms with Crippen LogP contribution in [0.15, 0.2) is 24.4 Å². The smallest absolute Gasteiger partial charge is 0.256 e. The zero-order valence-corrected chi connectivity index (χ0v) is 10.8. The van der Waals surface area contributed by atoms with Gasteiger partial charge in [0.05, 0.1) is 24.8 Å². The van der Waals surface area contributed by atoms with Crippen LogP contribution in [-0.4, -0.2) is 41.6 Å². The van der Waals surface area contributed by atoms with E-state index in [0.29, 0.717) is 31.0 Å². The summed E-state index contributed by atoms with van der Waals surface area (Å²) < 4.78 is 5.36. The van der Waals surface area contributed by atoms with Crippen molar-refractivity contribution in [3.63, 3.8) is 0 Å². The molecule has 3 rings (SSSR count). The molecule has 1 saturated heterocycles. The molecule has 1 aromatic heterocycles. The molecule has 100 valence electrons. The van der Waals surface area contributed by atoms with Gasteiger partial charge in [0.1, 0.15) is 0 Å². The van der Waals surface area contributed by atoms with E-state index in [1.165, 1.54) is 0 Å². The SMILES string of the molecule is C[C@@H]1COCCN1C(=O)c1c[nH]c2ccc(N)cc12. The van der Waals surface area contributed by atoms with E-state index in [4.69, 9.17) is 10.5 Å². The second-order valence-corrected chi connectivity index (χ2v) is 4.93. The minimum absolute atomic E-state index is 0.0349. The van der Waals surface area contributed by atoms with Crippen LogP contribution in [0.5, 0.6) is 0 Å². The summed E-state index contributed by atoms with van der Waals surface area (Å²) in [6.07, 6.45) is 1.76. The number of rotatable bonds is 1. The standard InChI is InChI=1S/C14H17N3O2/c1-9-8-19-5-4-17(9)14(18)12-7-16-13-3-2-10(15)6-11(12)13/h2-3,6-7,9,16H,4-5,8,15H2,1H3/t9-/m1/s1. The summed E-state index contributed by atoms with van der Waals surface area (Å²) in [4.78, 5) is 17.6. The summed E-state index contributed by atoms with van der Waals surface area (Å²) in [6, 6.07) is 5.66. The van der Waals surface area contributed by atoms with E-state index in [1.807, 2.05) is 30.0 Å². The molecule has 2 aromatic rings. The Hall–Kier alpha value is -2.01. The third-order valence-corrected chi connectivity index (χ3v) is 3.56. The highest BCUT2D eigenvalue weighted by Gasteiger charge is 2.26. The summed E-state index contributed by atoms with van der Waals surface area (Å²) in [5, 5.41) is 0.878. The number of carbonyl (C=O) groups is 1. The first-order valence-corrected chi connectivity index (χ1v) is 6.42. The molecule has 0 spiro atoms. The number of nitrogens with two attached hydrogens (primary N) is 1. The molecule has 0 aliphatic carbocycles. The Bertz CT molecular complexity index is 620. The highest BCUT2D eigenvalue weighted by molar-refractivity contribution is 6.07. The second kappa shape index (κ2) is 4.59. The fourth-order valence-electron chi connectivity index (χ4n) is 2.50. The molecular weight excluding hydrogens is 242 g/mol. The molecule has 1 fully saturated rings. The molecule has 1 aromatic carbocycles. The molecule has 2 heterocycles. The number of anilines is 1. The molecule has 0 radical (unpaired) electrons. The Morgan fingerprint density at radius 3 is 3.16 bits per heavy atom. The minimum atomic E-state index is 0.0349. The summed E-state index contributed by atoms with van der Waals surface area (Å²) in [5.74, 6) is 0.0349. The van der Waals surface area contributed by atoms with Crippen molar-refractivity contribution in [2.24, 2.45) is 0 Å². The Kier molecular flexibility index (Phi) is 2.91. The lowest BCUT2D eigenvalue weighted by Crippen LogP contribution is -2.47. The van der Waals surface area contributed by atoms with E-state index >= 15 is 0 Å². The van der Waals surface area contributed by atoms with E-state index in [2.05, 4.69) is 4.98 Å². The third kappa shape index (κ3) is 2.06. The summed E-state index contributed by atoms with van der Waals surface area (Å²) in [6.45, 7) is 3.83. The van der Waals surface area contributed by atoms with Gasteiger partial charge in [0.15, 0.2) is 0 Å². The molecule has 1 amide bonds. The average molecular weight is 259 g/mol. The number of morpholine rings is 1. The van der Waals surface area contributed by atoms with E-state index in [1.54, 1.807) is 6.20 Å². The number of aromatic nitrogens is 1. The first kappa shape index (κ1) is 12.0. The van der Waals surface area contributed by atoms with Crippen LogP contribution in [0.2, 0.25) is 0 Å². The number of benzene rings is 1. The fraction of sp³-hybridized carbons (Fsp3) is 0.357. The van der Waals surface area contributed by atoms with Crippen LogP contribution in [0.1, 0.15) is 17.3 Å². The van der Waals surface area contributed by atoms with Gasteiger partial charge in [-0.2, -0.15) is 0 Å². The van der Waals surface area contributed by atoms with Crippen LogP contribution in [0.3, 0.4) is 0 Å². The van der Waals surface area contributed by atoms with Crippen molar-refractivity contribution in [2.75, 3.05) is 25.5 Å². The summed E-state index contributed by atoms with van der Waals surface area (Å²) in [7, 11) is 0. The van der Waals surface area contributed by atoms with Crippen molar-refractivity contribution in [3.05, 3.63) is 30.0 Å². The number of carbonyl (C=O) groups excluding carboxylic acids is 1. The van der Waals surface area contributed by atoms with Gasteiger partial charge < -0.3 is 20.4 Å². The van der Waals surface area contributed by atoms with Crippen molar-refractivity contribution in [1.82, 2.24) is 9.88 Å². The van der Waals surface area contributed by atoms with Gasteiger partial charge in [-0.3, -0.25) is 4.79 Å².